The number of hydrogen-bond donors (Lipinski definition) is 0. The van der Waals surface area contributed by atoms with Crippen molar-refractivity contribution in [2.45, 2.75) is 60.3 Å². The molecule has 0 aliphatic heterocycles. The van der Waals surface area contributed by atoms with E-state index >= 15 is 0 Å². The number of allylic oxidation sites excluding steroid dienone is 2. The molecular weight excluding hydrogens is 156 g/mol. The Kier molecular flexibility index (Phi) is 3.21. The van der Waals surface area contributed by atoms with Crippen molar-refractivity contribution in [1.82, 2.24) is 0 Å². The van der Waals surface area contributed by atoms with Gasteiger partial charge in [-0.1, -0.05) is 38.8 Å². The third kappa shape index (κ3) is 3.17. The van der Waals surface area contributed by atoms with Crippen LogP contribution in [0.1, 0.15) is 60.3 Å². The summed E-state index contributed by atoms with van der Waals surface area (Å²) in [6.45, 7) is 11.8. The van der Waals surface area contributed by atoms with Crippen molar-refractivity contribution >= 4 is 0 Å². The van der Waals surface area contributed by atoms with Gasteiger partial charge in [0.2, 0.25) is 0 Å². The van der Waals surface area contributed by atoms with Crippen molar-refractivity contribution in [3.05, 3.63) is 11.1 Å². The minimum absolute atomic E-state index is 0.560. The van der Waals surface area contributed by atoms with Crippen molar-refractivity contribution in [2.75, 3.05) is 0 Å². The predicted molar refractivity (Wildman–Crippen MR) is 59.8 cm³/mol. The largest absolute Gasteiger partial charge is 0.0736 e. The molecule has 0 aromatic heterocycles. The first kappa shape index (κ1) is 10.8. The Morgan fingerprint density at radius 1 is 1.31 bits per heavy atom. The maximum atomic E-state index is 2.39. The molecule has 0 aromatic carbocycles. The number of hydrogen-bond acceptors (Lipinski definition) is 0. The van der Waals surface area contributed by atoms with Crippen LogP contribution in [0.5, 0.6) is 0 Å². The Morgan fingerprint density at radius 2 is 1.92 bits per heavy atom. The van der Waals surface area contributed by atoms with Gasteiger partial charge in [-0.3, -0.25) is 0 Å². The summed E-state index contributed by atoms with van der Waals surface area (Å²) in [6.07, 6.45) is 5.36. The van der Waals surface area contributed by atoms with E-state index in [-0.39, 0.29) is 0 Å². The molecule has 76 valence electrons. The minimum atomic E-state index is 0.560. The highest BCUT2D eigenvalue weighted by molar-refractivity contribution is 5.17. The van der Waals surface area contributed by atoms with Crippen LogP contribution in [-0.4, -0.2) is 0 Å². The van der Waals surface area contributed by atoms with E-state index in [9.17, 15) is 0 Å². The second kappa shape index (κ2) is 3.86. The first-order chi connectivity index (χ1) is 5.91. The second-order valence-electron chi connectivity index (χ2n) is 5.82. The lowest BCUT2D eigenvalue weighted by atomic mass is 9.73. The third-order valence-corrected chi connectivity index (χ3v) is 3.11. The standard InChI is InChI=1S/C13H24/c1-10(2)8-12-6-7-13(4,5)9-11(12)3/h10H,6-9H2,1-5H3. The molecule has 0 unspecified atom stereocenters. The van der Waals surface area contributed by atoms with Crippen LogP contribution in [0, 0.1) is 11.3 Å². The Morgan fingerprint density at radius 3 is 2.38 bits per heavy atom. The van der Waals surface area contributed by atoms with Crippen molar-refractivity contribution in [1.29, 1.82) is 0 Å². The molecule has 13 heavy (non-hydrogen) atoms. The molecule has 0 spiro atoms. The highest BCUT2D eigenvalue weighted by Gasteiger charge is 2.24. The summed E-state index contributed by atoms with van der Waals surface area (Å²) in [6, 6.07) is 0. The molecule has 0 bridgehead atoms. The van der Waals surface area contributed by atoms with Gasteiger partial charge in [-0.15, -0.1) is 0 Å². The average Bonchev–Trinajstić information content (AvgIpc) is 1.93. The van der Waals surface area contributed by atoms with Gasteiger partial charge < -0.3 is 0 Å². The van der Waals surface area contributed by atoms with E-state index in [2.05, 4.69) is 34.6 Å². The Balaban J connectivity index is 2.65. The summed E-state index contributed by atoms with van der Waals surface area (Å²) >= 11 is 0. The third-order valence-electron chi connectivity index (χ3n) is 3.11. The zero-order valence-corrected chi connectivity index (χ0v) is 9.91. The monoisotopic (exact) mass is 180 g/mol. The van der Waals surface area contributed by atoms with E-state index in [1.165, 1.54) is 25.7 Å². The van der Waals surface area contributed by atoms with E-state index in [0.29, 0.717) is 5.41 Å². The van der Waals surface area contributed by atoms with Gasteiger partial charge in [0.15, 0.2) is 0 Å². The average molecular weight is 180 g/mol. The van der Waals surface area contributed by atoms with Gasteiger partial charge in [0.05, 0.1) is 0 Å². The normalized spacial score (nSPS) is 22.6. The molecule has 0 fully saturated rings. The lowest BCUT2D eigenvalue weighted by molar-refractivity contribution is 0.308. The lowest BCUT2D eigenvalue weighted by Crippen LogP contribution is -2.18. The molecule has 0 atom stereocenters. The fraction of sp³-hybridized carbons (Fsp3) is 0.846. The van der Waals surface area contributed by atoms with Gasteiger partial charge in [0.25, 0.3) is 0 Å². The molecule has 0 saturated carbocycles. The van der Waals surface area contributed by atoms with Crippen LogP contribution < -0.4 is 0 Å². The van der Waals surface area contributed by atoms with E-state index in [0.717, 1.165) is 5.92 Å². The zero-order chi connectivity index (χ0) is 10.1. The summed E-state index contributed by atoms with van der Waals surface area (Å²) in [5.74, 6) is 0.825. The summed E-state index contributed by atoms with van der Waals surface area (Å²) in [5, 5.41) is 0. The first-order valence-electron chi connectivity index (χ1n) is 5.58. The Bertz CT molecular complexity index is 206. The van der Waals surface area contributed by atoms with Gasteiger partial charge in [0, 0.05) is 0 Å². The smallest absolute Gasteiger partial charge is 0.0269 e. The van der Waals surface area contributed by atoms with E-state index in [1.807, 2.05) is 0 Å². The maximum absolute atomic E-state index is 2.39. The Labute approximate surface area is 83.4 Å². The Hall–Kier alpha value is -0.260. The SMILES string of the molecule is CC1=C(CC(C)C)CCC(C)(C)C1. The molecule has 0 heteroatoms. The molecule has 1 aliphatic rings. The van der Waals surface area contributed by atoms with Gasteiger partial charge >= 0.3 is 0 Å². The van der Waals surface area contributed by atoms with Crippen LogP contribution >= 0.6 is 0 Å². The molecule has 0 aromatic rings. The molecule has 0 nitrogen and oxygen atoms in total. The molecule has 0 saturated heterocycles. The summed E-state index contributed by atoms with van der Waals surface area (Å²) < 4.78 is 0. The molecule has 0 amide bonds. The van der Waals surface area contributed by atoms with Crippen LogP contribution in [-0.2, 0) is 0 Å². The molecule has 0 heterocycles. The van der Waals surface area contributed by atoms with Crippen LogP contribution in [0.3, 0.4) is 0 Å². The maximum Gasteiger partial charge on any atom is -0.0269 e. The second-order valence-corrected chi connectivity index (χ2v) is 5.82. The van der Waals surface area contributed by atoms with Crippen molar-refractivity contribution < 1.29 is 0 Å². The van der Waals surface area contributed by atoms with Gasteiger partial charge in [-0.25, -0.2) is 0 Å². The van der Waals surface area contributed by atoms with E-state index < -0.39 is 0 Å². The molecule has 0 radical (unpaired) electrons. The zero-order valence-electron chi connectivity index (χ0n) is 9.91. The highest BCUT2D eigenvalue weighted by Crippen LogP contribution is 2.40. The molecular formula is C13H24. The van der Waals surface area contributed by atoms with Crippen molar-refractivity contribution in [3.63, 3.8) is 0 Å². The van der Waals surface area contributed by atoms with Crippen LogP contribution in [0.4, 0.5) is 0 Å². The van der Waals surface area contributed by atoms with Crippen molar-refractivity contribution in [2.24, 2.45) is 11.3 Å². The predicted octanol–water partition coefficient (Wildman–Crippen LogP) is 4.56. The molecule has 1 rings (SSSR count). The van der Waals surface area contributed by atoms with Gasteiger partial charge in [-0.05, 0) is 43.9 Å². The first-order valence-corrected chi connectivity index (χ1v) is 5.58. The minimum Gasteiger partial charge on any atom is -0.0736 e. The summed E-state index contributed by atoms with van der Waals surface area (Å²) in [5.41, 5.74) is 3.98. The van der Waals surface area contributed by atoms with Crippen LogP contribution in [0.15, 0.2) is 11.1 Å². The van der Waals surface area contributed by atoms with E-state index in [1.54, 1.807) is 11.1 Å². The van der Waals surface area contributed by atoms with Gasteiger partial charge in [-0.2, -0.15) is 0 Å². The highest BCUT2D eigenvalue weighted by atomic mass is 14.3. The fourth-order valence-corrected chi connectivity index (χ4v) is 2.40. The fourth-order valence-electron chi connectivity index (χ4n) is 2.40. The molecule has 0 N–H and O–H groups in total. The van der Waals surface area contributed by atoms with E-state index in [4.69, 9.17) is 0 Å². The number of rotatable bonds is 2. The van der Waals surface area contributed by atoms with Crippen LogP contribution in [0.25, 0.3) is 0 Å². The molecule has 1 aliphatic carbocycles. The van der Waals surface area contributed by atoms with Gasteiger partial charge in [0.1, 0.15) is 0 Å². The topological polar surface area (TPSA) is 0 Å². The summed E-state index contributed by atoms with van der Waals surface area (Å²) in [4.78, 5) is 0. The van der Waals surface area contributed by atoms with Crippen LogP contribution in [0.2, 0.25) is 0 Å². The summed E-state index contributed by atoms with van der Waals surface area (Å²) in [7, 11) is 0. The lowest BCUT2D eigenvalue weighted by Gasteiger charge is -2.32. The van der Waals surface area contributed by atoms with Crippen molar-refractivity contribution in [3.8, 4) is 0 Å². The quantitative estimate of drug-likeness (QED) is 0.546.